The van der Waals surface area contributed by atoms with E-state index in [-0.39, 0.29) is 49.7 Å². The van der Waals surface area contributed by atoms with Crippen LogP contribution in [-0.2, 0) is 30.9 Å². The Bertz CT molecular complexity index is 1080. The third-order valence-electron chi connectivity index (χ3n) is 5.00. The zero-order chi connectivity index (χ0) is 23.5. The Morgan fingerprint density at radius 2 is 1.88 bits per heavy atom. The lowest BCUT2D eigenvalue weighted by molar-refractivity contribution is 0.0504. The second-order valence-electron chi connectivity index (χ2n) is 7.01. The van der Waals surface area contributed by atoms with Gasteiger partial charge in [-0.3, -0.25) is 9.36 Å². The number of esters is 1. The van der Waals surface area contributed by atoms with Crippen LogP contribution in [0.3, 0.4) is 0 Å². The van der Waals surface area contributed by atoms with E-state index >= 15 is 0 Å². The number of Topliss-reactive ketones (excluding diaryl/α,β-unsaturated/α-hetero) is 1. The molecule has 0 saturated carbocycles. The number of hydrogen-bond acceptors (Lipinski definition) is 8. The molecule has 10 nitrogen and oxygen atoms in total. The Balaban J connectivity index is 2.00. The number of fused-ring (bicyclic) bond motifs is 1. The molecular weight excluding hydrogens is 439 g/mol. The number of ketones is 1. The van der Waals surface area contributed by atoms with Crippen LogP contribution in [0, 0.1) is 0 Å². The highest BCUT2D eigenvalue weighted by Gasteiger charge is 2.38. The predicted octanol–water partition coefficient (Wildman–Crippen LogP) is 3.50. The summed E-state index contributed by atoms with van der Waals surface area (Å²) in [4.78, 5) is 40.8. The molecule has 0 fully saturated rings. The lowest BCUT2D eigenvalue weighted by atomic mass is 10.0. The Hall–Kier alpha value is -2.81. The van der Waals surface area contributed by atoms with Gasteiger partial charge in [0.05, 0.1) is 26.0 Å². The van der Waals surface area contributed by atoms with Gasteiger partial charge in [0.1, 0.15) is 6.04 Å². The summed E-state index contributed by atoms with van der Waals surface area (Å²) < 4.78 is 30.0. The Kier molecular flexibility index (Phi) is 7.28. The highest BCUT2D eigenvalue weighted by atomic mass is 31.2. The van der Waals surface area contributed by atoms with Crippen molar-refractivity contribution < 1.29 is 37.8 Å². The monoisotopic (exact) mass is 464 g/mol. The van der Waals surface area contributed by atoms with E-state index in [0.717, 1.165) is 6.20 Å². The molecule has 0 bridgehead atoms. The van der Waals surface area contributed by atoms with Gasteiger partial charge in [-0.25, -0.2) is 14.6 Å². The molecule has 1 aromatic heterocycles. The van der Waals surface area contributed by atoms with Gasteiger partial charge >= 0.3 is 19.5 Å². The summed E-state index contributed by atoms with van der Waals surface area (Å²) in [5.74, 6) is -2.70. The van der Waals surface area contributed by atoms with Crippen molar-refractivity contribution in [1.29, 1.82) is 0 Å². The maximum Gasteiger partial charge on any atom is 0.374 e. The summed E-state index contributed by atoms with van der Waals surface area (Å²) in [5, 5.41) is 9.32. The largest absolute Gasteiger partial charge is 0.476 e. The molecule has 0 aliphatic heterocycles. The Morgan fingerprint density at radius 3 is 2.47 bits per heavy atom. The van der Waals surface area contributed by atoms with E-state index in [1.54, 1.807) is 39.0 Å². The molecule has 0 amide bonds. The molecule has 1 unspecified atom stereocenters. The van der Waals surface area contributed by atoms with E-state index in [9.17, 15) is 24.1 Å². The van der Waals surface area contributed by atoms with Crippen LogP contribution in [-0.4, -0.2) is 52.2 Å². The molecule has 32 heavy (non-hydrogen) atoms. The minimum Gasteiger partial charge on any atom is -0.476 e. The molecule has 0 saturated heterocycles. The van der Waals surface area contributed by atoms with Crippen LogP contribution in [0.25, 0.3) is 0 Å². The summed E-state index contributed by atoms with van der Waals surface area (Å²) in [6.45, 7) is 5.54. The van der Waals surface area contributed by atoms with Crippen molar-refractivity contribution in [2.75, 3.05) is 19.8 Å². The highest BCUT2D eigenvalue weighted by Crippen LogP contribution is 2.52. The predicted molar refractivity (Wildman–Crippen MR) is 113 cm³/mol. The molecule has 0 radical (unpaired) electrons. The first-order chi connectivity index (χ1) is 15.2. The van der Waals surface area contributed by atoms with Gasteiger partial charge in [-0.1, -0.05) is 18.2 Å². The number of aromatic carboxylic acids is 1. The van der Waals surface area contributed by atoms with Gasteiger partial charge in [-0.2, -0.15) is 0 Å². The maximum atomic E-state index is 13.2. The van der Waals surface area contributed by atoms with Gasteiger partial charge in [0, 0.05) is 18.2 Å². The number of ether oxygens (including phenoxy) is 1. The lowest BCUT2D eigenvalue weighted by Crippen LogP contribution is -2.21. The van der Waals surface area contributed by atoms with Gasteiger partial charge in [0.15, 0.2) is 11.5 Å². The first-order valence-corrected chi connectivity index (χ1v) is 12.0. The molecule has 1 aromatic carbocycles. The van der Waals surface area contributed by atoms with E-state index in [1.807, 2.05) is 0 Å². The van der Waals surface area contributed by atoms with Gasteiger partial charge in [-0.15, -0.1) is 0 Å². The quantitative estimate of drug-likeness (QED) is 0.414. The van der Waals surface area contributed by atoms with E-state index in [1.165, 1.54) is 4.57 Å². The maximum absolute atomic E-state index is 13.2. The third kappa shape index (κ3) is 4.67. The van der Waals surface area contributed by atoms with Crippen molar-refractivity contribution in [2.45, 2.75) is 39.4 Å². The second-order valence-corrected chi connectivity index (χ2v) is 9.07. The van der Waals surface area contributed by atoms with Crippen LogP contribution < -0.4 is 0 Å². The van der Waals surface area contributed by atoms with E-state index in [0.29, 0.717) is 16.7 Å². The van der Waals surface area contributed by atoms with Crippen molar-refractivity contribution in [3.05, 3.63) is 52.6 Å². The van der Waals surface area contributed by atoms with Crippen molar-refractivity contribution in [2.24, 2.45) is 0 Å². The molecule has 3 rings (SSSR count). The van der Waals surface area contributed by atoms with Crippen molar-refractivity contribution >= 4 is 25.3 Å². The number of carbonyl (C=O) groups excluding carboxylic acids is 2. The minimum absolute atomic E-state index is 0.00705. The number of rotatable bonds is 10. The topological polar surface area (TPSA) is 134 Å². The standard InChI is InChI=1S/C21H25N2O8P/c1-4-29-21(27)19-22-16(20(25)26)11-23(19)17-10-15-13(8-7-9-14(15)18(17)24)12-32(28,30-5-2)31-6-3/h7-9,11,17H,4-6,10,12H2,1-3H3,(H,25,26). The average molecular weight is 464 g/mol. The number of carbonyl (C=O) groups is 3. The molecule has 172 valence electrons. The van der Waals surface area contributed by atoms with E-state index in [2.05, 4.69) is 4.98 Å². The molecule has 2 aromatic rings. The Morgan fingerprint density at radius 1 is 1.19 bits per heavy atom. The number of hydrogen-bond donors (Lipinski definition) is 1. The fraction of sp³-hybridized carbons (Fsp3) is 0.429. The normalized spacial score (nSPS) is 15.6. The van der Waals surface area contributed by atoms with Crippen LogP contribution in [0.15, 0.2) is 24.4 Å². The first-order valence-electron chi connectivity index (χ1n) is 10.3. The molecule has 1 aliphatic rings. The fourth-order valence-electron chi connectivity index (χ4n) is 3.76. The van der Waals surface area contributed by atoms with Crippen LogP contribution in [0.1, 0.15) is 69.4 Å². The summed E-state index contributed by atoms with van der Waals surface area (Å²) in [5.41, 5.74) is 1.34. The molecular formula is C21H25N2O8P. The van der Waals surface area contributed by atoms with Gasteiger partial charge in [0.25, 0.3) is 0 Å². The fourth-order valence-corrected chi connectivity index (χ4v) is 5.51. The van der Waals surface area contributed by atoms with Crippen LogP contribution in [0.4, 0.5) is 0 Å². The summed E-state index contributed by atoms with van der Waals surface area (Å²) in [7, 11) is -3.41. The molecule has 0 spiro atoms. The zero-order valence-corrected chi connectivity index (χ0v) is 19.0. The molecule has 1 heterocycles. The molecule has 1 N–H and O–H groups in total. The van der Waals surface area contributed by atoms with Gasteiger partial charge in [-0.05, 0) is 31.9 Å². The third-order valence-corrected chi connectivity index (χ3v) is 7.03. The number of benzene rings is 1. The SMILES string of the molecule is CCOC(=O)c1nc(C(=O)O)cn1C1Cc2c(CP(=O)(OCC)OCC)cccc2C1=O. The molecule has 11 heteroatoms. The smallest absolute Gasteiger partial charge is 0.374 e. The van der Waals surface area contributed by atoms with Crippen molar-refractivity contribution in [3.8, 4) is 0 Å². The number of aromatic nitrogens is 2. The molecule has 1 aliphatic carbocycles. The first kappa shape index (κ1) is 23.8. The van der Waals surface area contributed by atoms with E-state index < -0.39 is 25.6 Å². The summed E-state index contributed by atoms with van der Waals surface area (Å²) >= 11 is 0. The highest BCUT2D eigenvalue weighted by molar-refractivity contribution is 7.53. The van der Waals surface area contributed by atoms with Crippen LogP contribution in [0.5, 0.6) is 0 Å². The average Bonchev–Trinajstić information content (AvgIpc) is 3.31. The number of nitrogens with zero attached hydrogens (tertiary/aromatic N) is 2. The minimum atomic E-state index is -3.41. The van der Waals surface area contributed by atoms with E-state index in [4.69, 9.17) is 13.8 Å². The number of carboxylic acids is 1. The lowest BCUT2D eigenvalue weighted by Gasteiger charge is -2.18. The second kappa shape index (κ2) is 9.77. The Labute approximate surface area is 185 Å². The zero-order valence-electron chi connectivity index (χ0n) is 18.1. The summed E-state index contributed by atoms with van der Waals surface area (Å²) in [6, 6.07) is 4.19. The van der Waals surface area contributed by atoms with Crippen molar-refractivity contribution in [3.63, 3.8) is 0 Å². The number of carboxylic acid groups (broad SMARTS) is 1. The summed E-state index contributed by atoms with van der Waals surface area (Å²) in [6.07, 6.45) is 1.32. The van der Waals surface area contributed by atoms with Crippen LogP contribution >= 0.6 is 7.60 Å². The van der Waals surface area contributed by atoms with Crippen molar-refractivity contribution in [1.82, 2.24) is 9.55 Å². The van der Waals surface area contributed by atoms with Crippen LogP contribution in [0.2, 0.25) is 0 Å². The van der Waals surface area contributed by atoms with Gasteiger partial charge < -0.3 is 23.5 Å². The number of imidazole rings is 1. The van der Waals surface area contributed by atoms with Gasteiger partial charge in [0.2, 0.25) is 5.82 Å². The molecule has 1 atom stereocenters.